The van der Waals surface area contributed by atoms with E-state index in [1.165, 1.54) is 0 Å². The Morgan fingerprint density at radius 1 is 0.971 bits per heavy atom. The molecule has 17 heteroatoms. The van der Waals surface area contributed by atoms with Crippen molar-refractivity contribution in [1.29, 1.82) is 0 Å². The van der Waals surface area contributed by atoms with Crippen molar-refractivity contribution in [2.45, 2.75) is 24.2 Å². The molecular formula is C17H8ClF10N3O3. The standard InChI is InChI=1S/C17H8ClF10N3O3/c18-10-5-8(15(21,22)23)6-30-12(10)33-9-3-1-7(2-4-9)11(29)31-34-13(32)14(19,20)16(24,25)17(26,27)28/h1-6H,(H2,29,31). The van der Waals surface area contributed by atoms with Crippen LogP contribution < -0.4 is 10.5 Å². The molecule has 1 heterocycles. The fourth-order valence-corrected chi connectivity index (χ4v) is 2.17. The zero-order chi connectivity index (χ0) is 26.1. The van der Waals surface area contributed by atoms with Gasteiger partial charge in [-0.15, -0.1) is 0 Å². The van der Waals surface area contributed by atoms with Gasteiger partial charge in [0.05, 0.1) is 5.56 Å². The molecule has 0 fully saturated rings. The number of oxime groups is 1. The number of carbonyl (C=O) groups is 1. The predicted octanol–water partition coefficient (Wildman–Crippen LogP) is 5.54. The maximum atomic E-state index is 13.2. The van der Waals surface area contributed by atoms with Crippen LogP contribution in [0.25, 0.3) is 0 Å². The minimum atomic E-state index is -6.76. The van der Waals surface area contributed by atoms with E-state index < -0.39 is 52.5 Å². The Morgan fingerprint density at radius 2 is 1.53 bits per heavy atom. The fraction of sp³-hybridized carbons (Fsp3) is 0.235. The summed E-state index contributed by atoms with van der Waals surface area (Å²) in [6, 6.07) is 4.78. The third-order valence-corrected chi connectivity index (χ3v) is 4.00. The molecule has 186 valence electrons. The van der Waals surface area contributed by atoms with E-state index in [2.05, 4.69) is 15.0 Å². The minimum absolute atomic E-state index is 0.0842. The quantitative estimate of drug-likeness (QED) is 0.175. The van der Waals surface area contributed by atoms with Crippen LogP contribution in [0.1, 0.15) is 11.1 Å². The lowest BCUT2D eigenvalue weighted by molar-refractivity contribution is -0.348. The Morgan fingerprint density at radius 3 is 2.00 bits per heavy atom. The van der Waals surface area contributed by atoms with E-state index in [1.807, 2.05) is 0 Å². The molecule has 0 saturated heterocycles. The maximum absolute atomic E-state index is 13.2. The molecule has 0 spiro atoms. The van der Waals surface area contributed by atoms with Crippen LogP contribution in [0.3, 0.4) is 0 Å². The van der Waals surface area contributed by atoms with Crippen molar-refractivity contribution in [1.82, 2.24) is 4.98 Å². The number of alkyl halides is 10. The highest BCUT2D eigenvalue weighted by atomic mass is 35.5. The monoisotopic (exact) mass is 527 g/mol. The predicted molar refractivity (Wildman–Crippen MR) is 93.5 cm³/mol. The molecule has 0 atom stereocenters. The zero-order valence-corrected chi connectivity index (χ0v) is 16.6. The molecule has 0 unspecified atom stereocenters. The highest BCUT2D eigenvalue weighted by Gasteiger charge is 2.77. The summed E-state index contributed by atoms with van der Waals surface area (Å²) in [5, 5.41) is 2.10. The summed E-state index contributed by atoms with van der Waals surface area (Å²) in [5.74, 6) is -17.8. The Balaban J connectivity index is 2.12. The molecule has 0 aliphatic rings. The smallest absolute Gasteiger partial charge is 0.438 e. The first-order chi connectivity index (χ1) is 15.4. The number of carbonyl (C=O) groups excluding carboxylic acids is 1. The lowest BCUT2D eigenvalue weighted by Gasteiger charge is -2.25. The molecule has 0 amide bonds. The molecule has 0 radical (unpaired) electrons. The van der Waals surface area contributed by atoms with Gasteiger partial charge in [-0.2, -0.15) is 43.9 Å². The number of amidine groups is 1. The van der Waals surface area contributed by atoms with E-state index in [0.29, 0.717) is 12.3 Å². The molecule has 2 aromatic rings. The molecule has 6 nitrogen and oxygen atoms in total. The highest BCUT2D eigenvalue weighted by Crippen LogP contribution is 2.47. The molecule has 1 aromatic heterocycles. The number of hydrogen-bond acceptors (Lipinski definition) is 5. The lowest BCUT2D eigenvalue weighted by atomic mass is 10.1. The topological polar surface area (TPSA) is 86.8 Å². The highest BCUT2D eigenvalue weighted by molar-refractivity contribution is 6.31. The first-order valence-electron chi connectivity index (χ1n) is 8.26. The van der Waals surface area contributed by atoms with Gasteiger partial charge in [-0.05, 0) is 30.3 Å². The largest absolute Gasteiger partial charge is 0.460 e. The Bertz CT molecular complexity index is 1090. The molecule has 0 saturated carbocycles. The summed E-state index contributed by atoms with van der Waals surface area (Å²) in [6.45, 7) is 0. The van der Waals surface area contributed by atoms with Gasteiger partial charge in [0.15, 0.2) is 5.84 Å². The Labute approximate surface area is 186 Å². The second-order valence-corrected chi connectivity index (χ2v) is 6.54. The van der Waals surface area contributed by atoms with Crippen LogP contribution in [0.5, 0.6) is 11.6 Å². The summed E-state index contributed by atoms with van der Waals surface area (Å²) in [6.07, 6.45) is -11.0. The average molecular weight is 528 g/mol. The van der Waals surface area contributed by atoms with Crippen LogP contribution in [-0.4, -0.2) is 34.8 Å². The zero-order valence-electron chi connectivity index (χ0n) is 15.8. The van der Waals surface area contributed by atoms with Crippen molar-refractivity contribution >= 4 is 23.4 Å². The third-order valence-electron chi connectivity index (χ3n) is 3.73. The molecule has 34 heavy (non-hydrogen) atoms. The second-order valence-electron chi connectivity index (χ2n) is 6.14. The van der Waals surface area contributed by atoms with E-state index in [1.54, 1.807) is 0 Å². The van der Waals surface area contributed by atoms with E-state index in [0.717, 1.165) is 24.3 Å². The van der Waals surface area contributed by atoms with Crippen LogP contribution in [0.4, 0.5) is 43.9 Å². The van der Waals surface area contributed by atoms with Gasteiger partial charge >= 0.3 is 30.2 Å². The molecule has 0 bridgehead atoms. The summed E-state index contributed by atoms with van der Waals surface area (Å²) in [5.41, 5.74) is 3.95. The molecule has 1 aromatic carbocycles. The van der Waals surface area contributed by atoms with E-state index in [4.69, 9.17) is 22.1 Å². The number of nitrogens with two attached hydrogens (primary N) is 1. The number of pyridine rings is 1. The van der Waals surface area contributed by atoms with Crippen molar-refractivity contribution in [2.75, 3.05) is 0 Å². The molecular weight excluding hydrogens is 520 g/mol. The van der Waals surface area contributed by atoms with Crippen LogP contribution in [-0.2, 0) is 15.8 Å². The van der Waals surface area contributed by atoms with Gasteiger partial charge in [0, 0.05) is 11.8 Å². The number of hydrogen-bond donors (Lipinski definition) is 1. The number of aromatic nitrogens is 1. The van der Waals surface area contributed by atoms with Crippen LogP contribution in [0, 0.1) is 0 Å². The maximum Gasteiger partial charge on any atom is 0.460 e. The number of benzene rings is 1. The van der Waals surface area contributed by atoms with Gasteiger partial charge < -0.3 is 15.3 Å². The summed E-state index contributed by atoms with van der Waals surface area (Å²) < 4.78 is 131. The van der Waals surface area contributed by atoms with Crippen molar-refractivity contribution in [3.63, 3.8) is 0 Å². The summed E-state index contributed by atoms with van der Waals surface area (Å²) in [4.78, 5) is 17.9. The average Bonchev–Trinajstić information content (AvgIpc) is 2.71. The molecule has 2 N–H and O–H groups in total. The van der Waals surface area contributed by atoms with Gasteiger partial charge in [-0.1, -0.05) is 16.8 Å². The van der Waals surface area contributed by atoms with Gasteiger partial charge in [0.1, 0.15) is 10.8 Å². The van der Waals surface area contributed by atoms with Crippen molar-refractivity contribution in [3.8, 4) is 11.6 Å². The van der Waals surface area contributed by atoms with E-state index >= 15 is 0 Å². The van der Waals surface area contributed by atoms with Crippen LogP contribution >= 0.6 is 11.6 Å². The molecule has 2 rings (SSSR count). The van der Waals surface area contributed by atoms with E-state index in [-0.39, 0.29) is 11.3 Å². The van der Waals surface area contributed by atoms with Crippen molar-refractivity contribution in [2.24, 2.45) is 10.9 Å². The minimum Gasteiger partial charge on any atom is -0.438 e. The number of ether oxygens (including phenoxy) is 1. The summed E-state index contributed by atoms with van der Waals surface area (Å²) >= 11 is 5.67. The molecule has 0 aliphatic carbocycles. The summed E-state index contributed by atoms with van der Waals surface area (Å²) in [7, 11) is 0. The first-order valence-corrected chi connectivity index (χ1v) is 8.64. The van der Waals surface area contributed by atoms with Gasteiger partial charge in [0.2, 0.25) is 5.88 Å². The van der Waals surface area contributed by atoms with Crippen LogP contribution in [0.15, 0.2) is 41.7 Å². The number of halogens is 11. The third kappa shape index (κ3) is 5.60. The Kier molecular flexibility index (Phi) is 7.25. The van der Waals surface area contributed by atoms with Crippen LogP contribution in [0.2, 0.25) is 5.02 Å². The normalized spacial score (nSPS) is 13.6. The van der Waals surface area contributed by atoms with Gasteiger partial charge in [-0.25, -0.2) is 9.78 Å². The van der Waals surface area contributed by atoms with Crippen molar-refractivity contribution < 1.29 is 58.3 Å². The number of rotatable bonds is 6. The van der Waals surface area contributed by atoms with E-state index in [9.17, 15) is 48.7 Å². The first kappa shape index (κ1) is 26.9. The lowest BCUT2D eigenvalue weighted by Crippen LogP contribution is -2.56. The molecule has 0 aliphatic heterocycles. The number of nitrogens with zero attached hydrogens (tertiary/aromatic N) is 2. The second kappa shape index (κ2) is 9.15. The van der Waals surface area contributed by atoms with Gasteiger partial charge in [-0.3, -0.25) is 0 Å². The van der Waals surface area contributed by atoms with Gasteiger partial charge in [0.25, 0.3) is 0 Å². The SMILES string of the molecule is N/C(=N\OC(=O)C(F)(F)C(F)(F)C(F)(F)F)c1ccc(Oc2ncc(C(F)(F)F)cc2Cl)cc1. The van der Waals surface area contributed by atoms with Crippen molar-refractivity contribution in [3.05, 3.63) is 52.7 Å². The fourth-order valence-electron chi connectivity index (χ4n) is 1.97. The Hall–Kier alpha value is -3.30.